The molecule has 1 N–H and O–H groups in total. The third-order valence-corrected chi connectivity index (χ3v) is 5.39. The Hall–Kier alpha value is -0.790. The summed E-state index contributed by atoms with van der Waals surface area (Å²) >= 11 is 0. The summed E-state index contributed by atoms with van der Waals surface area (Å²) in [6, 6.07) is -0.464. The molecule has 1 atom stereocenters. The van der Waals surface area contributed by atoms with Crippen LogP contribution in [0, 0.1) is 5.92 Å². The molecule has 1 unspecified atom stereocenters. The van der Waals surface area contributed by atoms with Gasteiger partial charge in [-0.2, -0.15) is 0 Å². The van der Waals surface area contributed by atoms with Crippen LogP contribution in [-0.4, -0.2) is 91.0 Å². The van der Waals surface area contributed by atoms with Crippen molar-refractivity contribution in [3.05, 3.63) is 0 Å². The first kappa shape index (κ1) is 20.5. The summed E-state index contributed by atoms with van der Waals surface area (Å²) in [5, 5.41) is 2.52. The summed E-state index contributed by atoms with van der Waals surface area (Å²) in [5.41, 5.74) is 0. The Kier molecular flexibility index (Phi) is 7.17. The number of likely N-dealkylation sites (tertiary alicyclic amines) is 1. The van der Waals surface area contributed by atoms with Crippen molar-refractivity contribution in [2.45, 2.75) is 52.1 Å². The SMILES string of the molecule is CC(C)C(=O)NC1CCN(CCN2CCN(C(C)C)CC2)CC1(F)F.[HH]. The van der Waals surface area contributed by atoms with Crippen LogP contribution in [0.3, 0.4) is 0 Å². The quantitative estimate of drug-likeness (QED) is 0.781. The minimum Gasteiger partial charge on any atom is -0.347 e. The van der Waals surface area contributed by atoms with E-state index in [-0.39, 0.29) is 19.8 Å². The van der Waals surface area contributed by atoms with Gasteiger partial charge in [-0.3, -0.25) is 19.5 Å². The first-order chi connectivity index (χ1) is 11.7. The van der Waals surface area contributed by atoms with E-state index < -0.39 is 12.0 Å². The van der Waals surface area contributed by atoms with E-state index in [4.69, 9.17) is 0 Å². The Bertz CT molecular complexity index is 443. The van der Waals surface area contributed by atoms with Gasteiger partial charge in [-0.15, -0.1) is 0 Å². The number of carbonyl (C=O) groups is 1. The molecule has 2 aliphatic rings. The fraction of sp³-hybridized carbons (Fsp3) is 0.944. The number of hydrogen-bond donors (Lipinski definition) is 1. The summed E-state index contributed by atoms with van der Waals surface area (Å²) in [4.78, 5) is 18.4. The average Bonchev–Trinajstić information content (AvgIpc) is 2.55. The second-order valence-electron chi connectivity index (χ2n) is 8.01. The zero-order valence-electron chi connectivity index (χ0n) is 16.1. The van der Waals surface area contributed by atoms with Crippen molar-refractivity contribution in [2.24, 2.45) is 5.92 Å². The van der Waals surface area contributed by atoms with E-state index in [0.29, 0.717) is 25.6 Å². The predicted molar refractivity (Wildman–Crippen MR) is 98.0 cm³/mol. The first-order valence-electron chi connectivity index (χ1n) is 9.56. The van der Waals surface area contributed by atoms with Crippen LogP contribution in [0.15, 0.2) is 0 Å². The number of piperazine rings is 1. The van der Waals surface area contributed by atoms with Gasteiger partial charge in [0, 0.05) is 59.2 Å². The molecule has 0 aromatic rings. The first-order valence-corrected chi connectivity index (χ1v) is 9.56. The molecule has 7 heteroatoms. The Morgan fingerprint density at radius 1 is 1.08 bits per heavy atom. The summed E-state index contributed by atoms with van der Waals surface area (Å²) in [5.74, 6) is -3.42. The lowest BCUT2D eigenvalue weighted by Gasteiger charge is -2.41. The fourth-order valence-corrected chi connectivity index (χ4v) is 3.50. The van der Waals surface area contributed by atoms with Crippen molar-refractivity contribution in [1.29, 1.82) is 0 Å². The van der Waals surface area contributed by atoms with Crippen molar-refractivity contribution < 1.29 is 15.0 Å². The number of amides is 1. The molecule has 5 nitrogen and oxygen atoms in total. The topological polar surface area (TPSA) is 38.8 Å². The zero-order valence-corrected chi connectivity index (χ0v) is 16.1. The Morgan fingerprint density at radius 2 is 1.68 bits per heavy atom. The van der Waals surface area contributed by atoms with Crippen molar-refractivity contribution in [2.75, 3.05) is 52.4 Å². The number of piperidine rings is 1. The van der Waals surface area contributed by atoms with Crippen LogP contribution in [0.5, 0.6) is 0 Å². The number of carbonyl (C=O) groups excluding carboxylic acids is 1. The van der Waals surface area contributed by atoms with E-state index in [9.17, 15) is 13.6 Å². The normalized spacial score (nSPS) is 26.3. The molecule has 0 spiro atoms. The lowest BCUT2D eigenvalue weighted by molar-refractivity contribution is -0.133. The molecule has 2 saturated heterocycles. The van der Waals surface area contributed by atoms with Crippen LogP contribution >= 0.6 is 0 Å². The molecular weight excluding hydrogens is 326 g/mol. The second-order valence-corrected chi connectivity index (χ2v) is 8.01. The van der Waals surface area contributed by atoms with Crippen LogP contribution in [0.1, 0.15) is 35.5 Å². The highest BCUT2D eigenvalue weighted by atomic mass is 19.3. The maximum atomic E-state index is 14.4. The molecule has 0 aromatic heterocycles. The van der Waals surface area contributed by atoms with Gasteiger partial charge in [0.05, 0.1) is 12.6 Å². The second kappa shape index (κ2) is 8.73. The molecule has 0 radical (unpaired) electrons. The molecule has 0 aliphatic carbocycles. The van der Waals surface area contributed by atoms with Crippen LogP contribution in [-0.2, 0) is 4.79 Å². The highest BCUT2D eigenvalue weighted by Crippen LogP contribution is 2.27. The molecule has 0 aromatic carbocycles. The third-order valence-electron chi connectivity index (χ3n) is 5.39. The van der Waals surface area contributed by atoms with E-state index in [2.05, 4.69) is 29.0 Å². The van der Waals surface area contributed by atoms with Gasteiger partial charge in [0.1, 0.15) is 0 Å². The number of nitrogens with one attached hydrogen (secondary N) is 1. The highest BCUT2D eigenvalue weighted by Gasteiger charge is 2.45. The molecule has 0 bridgehead atoms. The molecule has 2 heterocycles. The number of rotatable bonds is 6. The van der Waals surface area contributed by atoms with E-state index in [1.807, 2.05) is 4.90 Å². The van der Waals surface area contributed by atoms with Crippen LogP contribution in [0.25, 0.3) is 0 Å². The summed E-state index contributed by atoms with van der Waals surface area (Å²) in [6.07, 6.45) is 0.312. The van der Waals surface area contributed by atoms with Gasteiger partial charge in [0.25, 0.3) is 5.92 Å². The molecule has 1 amide bonds. The van der Waals surface area contributed by atoms with Gasteiger partial charge in [-0.05, 0) is 20.3 Å². The molecule has 0 saturated carbocycles. The Balaban J connectivity index is 0.00000338. The van der Waals surface area contributed by atoms with E-state index in [1.54, 1.807) is 13.8 Å². The number of halogens is 2. The lowest BCUT2D eigenvalue weighted by atomic mass is 9.99. The zero-order chi connectivity index (χ0) is 18.6. The average molecular weight is 363 g/mol. The van der Waals surface area contributed by atoms with Gasteiger partial charge < -0.3 is 5.32 Å². The van der Waals surface area contributed by atoms with E-state index in [0.717, 1.165) is 32.7 Å². The van der Waals surface area contributed by atoms with Crippen LogP contribution in [0.4, 0.5) is 8.78 Å². The van der Waals surface area contributed by atoms with E-state index in [1.165, 1.54) is 0 Å². The van der Waals surface area contributed by atoms with Crippen molar-refractivity contribution in [3.63, 3.8) is 0 Å². The van der Waals surface area contributed by atoms with Crippen LogP contribution in [0.2, 0.25) is 0 Å². The van der Waals surface area contributed by atoms with Crippen molar-refractivity contribution in [1.82, 2.24) is 20.0 Å². The van der Waals surface area contributed by atoms with Gasteiger partial charge >= 0.3 is 0 Å². The maximum Gasteiger partial charge on any atom is 0.280 e. The monoisotopic (exact) mass is 362 g/mol. The Morgan fingerprint density at radius 3 is 2.20 bits per heavy atom. The predicted octanol–water partition coefficient (Wildman–Crippen LogP) is 1.74. The highest BCUT2D eigenvalue weighted by molar-refractivity contribution is 5.78. The number of alkyl halides is 2. The summed E-state index contributed by atoms with van der Waals surface area (Å²) < 4.78 is 28.7. The summed E-state index contributed by atoms with van der Waals surface area (Å²) in [7, 11) is 0. The minimum atomic E-state index is -2.86. The fourth-order valence-electron chi connectivity index (χ4n) is 3.50. The number of nitrogens with zero attached hydrogens (tertiary/aromatic N) is 3. The Labute approximate surface area is 152 Å². The molecule has 25 heavy (non-hydrogen) atoms. The molecular formula is C18H36F2N4O. The lowest BCUT2D eigenvalue weighted by Crippen LogP contribution is -2.59. The molecule has 2 aliphatic heterocycles. The van der Waals surface area contributed by atoms with Crippen LogP contribution < -0.4 is 5.32 Å². The van der Waals surface area contributed by atoms with Gasteiger partial charge in [0.2, 0.25) is 5.91 Å². The van der Waals surface area contributed by atoms with Gasteiger partial charge in [-0.25, -0.2) is 8.78 Å². The third kappa shape index (κ3) is 5.86. The molecule has 148 valence electrons. The van der Waals surface area contributed by atoms with Crippen molar-refractivity contribution >= 4 is 5.91 Å². The number of hydrogen-bond acceptors (Lipinski definition) is 4. The largest absolute Gasteiger partial charge is 0.347 e. The molecule has 2 fully saturated rings. The van der Waals surface area contributed by atoms with Gasteiger partial charge in [0.15, 0.2) is 0 Å². The maximum absolute atomic E-state index is 14.4. The summed E-state index contributed by atoms with van der Waals surface area (Å²) in [6.45, 7) is 13.8. The standard InChI is InChI=1S/C18H34F2N4O.H2/c1-14(2)17(25)21-16-5-6-23(13-18(16,19)20)8-7-22-9-11-24(12-10-22)15(3)4;/h14-16H,5-13H2,1-4H3,(H,21,25);1H. The molecule has 2 rings (SSSR count). The van der Waals surface area contributed by atoms with Gasteiger partial charge in [-0.1, -0.05) is 13.8 Å². The van der Waals surface area contributed by atoms with E-state index >= 15 is 0 Å². The smallest absolute Gasteiger partial charge is 0.280 e. The van der Waals surface area contributed by atoms with Crippen molar-refractivity contribution in [3.8, 4) is 0 Å². The minimum absolute atomic E-state index is 0.